The molecule has 1 N–H and O–H groups in total. The SMILES string of the molecule is O=C1N[C@H](C(=O)OCCC[P+](c2ccccc2)(c2ccccc2)c2ccccc2)CS1.[Br-]. The fourth-order valence-electron chi connectivity index (χ4n) is 3.97. The predicted octanol–water partition coefficient (Wildman–Crippen LogP) is 0.743. The third-order valence-corrected chi connectivity index (χ3v) is 10.8. The summed E-state index contributed by atoms with van der Waals surface area (Å²) in [4.78, 5) is 23.6. The van der Waals surface area contributed by atoms with E-state index < -0.39 is 13.3 Å². The molecule has 1 saturated heterocycles. The second-order valence-corrected chi connectivity index (χ2v) is 12.0. The quantitative estimate of drug-likeness (QED) is 0.266. The molecule has 3 aromatic carbocycles. The molecule has 0 aromatic heterocycles. The Morgan fingerprint density at radius 1 is 0.875 bits per heavy atom. The van der Waals surface area contributed by atoms with Crippen molar-refractivity contribution in [3.05, 3.63) is 91.0 Å². The maximum Gasteiger partial charge on any atom is 0.329 e. The fraction of sp³-hybridized carbons (Fsp3) is 0.200. The molecule has 166 valence electrons. The number of thioether (sulfide) groups is 1. The summed E-state index contributed by atoms with van der Waals surface area (Å²) < 4.78 is 5.53. The van der Waals surface area contributed by atoms with Crippen LogP contribution in [0.25, 0.3) is 0 Å². The van der Waals surface area contributed by atoms with Gasteiger partial charge in [0.15, 0.2) is 0 Å². The molecular formula is C25H25BrNO3PS. The minimum Gasteiger partial charge on any atom is -1.00 e. The number of hydrogen-bond donors (Lipinski definition) is 1. The van der Waals surface area contributed by atoms with E-state index in [0.29, 0.717) is 12.4 Å². The van der Waals surface area contributed by atoms with Crippen LogP contribution in [0.2, 0.25) is 0 Å². The van der Waals surface area contributed by atoms with Crippen LogP contribution in [0.4, 0.5) is 4.79 Å². The van der Waals surface area contributed by atoms with E-state index in [1.807, 2.05) is 18.2 Å². The van der Waals surface area contributed by atoms with Gasteiger partial charge in [0.05, 0.1) is 12.8 Å². The van der Waals surface area contributed by atoms with Gasteiger partial charge in [0, 0.05) is 12.2 Å². The summed E-state index contributed by atoms with van der Waals surface area (Å²) in [5.74, 6) is 0.0912. The minimum absolute atomic E-state index is 0. The molecule has 4 nitrogen and oxygen atoms in total. The number of ether oxygens (including phenoxy) is 1. The Bertz CT molecular complexity index is 924. The van der Waals surface area contributed by atoms with Gasteiger partial charge in [0.2, 0.25) is 0 Å². The van der Waals surface area contributed by atoms with Crippen molar-refractivity contribution in [1.29, 1.82) is 0 Å². The molecule has 0 saturated carbocycles. The molecular weight excluding hydrogens is 505 g/mol. The van der Waals surface area contributed by atoms with Gasteiger partial charge in [-0.2, -0.15) is 0 Å². The zero-order valence-electron chi connectivity index (χ0n) is 17.5. The number of carbonyl (C=O) groups excluding carboxylic acids is 2. The minimum atomic E-state index is -1.91. The number of hydrogen-bond acceptors (Lipinski definition) is 4. The Morgan fingerprint density at radius 2 is 1.34 bits per heavy atom. The second-order valence-electron chi connectivity index (χ2n) is 7.36. The van der Waals surface area contributed by atoms with Crippen LogP contribution in [0.5, 0.6) is 0 Å². The molecule has 32 heavy (non-hydrogen) atoms. The van der Waals surface area contributed by atoms with Gasteiger partial charge in [-0.25, -0.2) is 4.79 Å². The Balaban J connectivity index is 0.00000289. The lowest BCUT2D eigenvalue weighted by Crippen LogP contribution is -3.00. The van der Waals surface area contributed by atoms with Crippen molar-refractivity contribution in [1.82, 2.24) is 5.32 Å². The predicted molar refractivity (Wildman–Crippen MR) is 130 cm³/mol. The number of nitrogens with one attached hydrogen (secondary N) is 1. The lowest BCUT2D eigenvalue weighted by Gasteiger charge is -2.27. The van der Waals surface area contributed by atoms with Crippen molar-refractivity contribution in [2.24, 2.45) is 0 Å². The molecule has 1 atom stereocenters. The zero-order valence-corrected chi connectivity index (χ0v) is 20.8. The van der Waals surface area contributed by atoms with Crippen molar-refractivity contribution in [3.63, 3.8) is 0 Å². The highest BCUT2D eigenvalue weighted by Crippen LogP contribution is 2.55. The third kappa shape index (κ3) is 5.43. The maximum atomic E-state index is 12.3. The van der Waals surface area contributed by atoms with Crippen molar-refractivity contribution in [3.8, 4) is 0 Å². The standard InChI is InChI=1S/C25H24NO3PS.BrH/c27-24(23-19-31-25(28)26-23)29-17-10-18-30(20-11-4-1-5-12-20,21-13-6-2-7-14-21)22-15-8-3-9-16-22;/h1-9,11-16,23H,10,17-19H2;1H/t23-;/m0./s1. The van der Waals surface area contributed by atoms with Gasteiger partial charge in [-0.15, -0.1) is 0 Å². The van der Waals surface area contributed by atoms with E-state index >= 15 is 0 Å². The Morgan fingerprint density at radius 3 is 1.75 bits per heavy atom. The van der Waals surface area contributed by atoms with Crippen LogP contribution in [-0.2, 0) is 9.53 Å². The molecule has 1 amide bonds. The van der Waals surface area contributed by atoms with Crippen molar-refractivity contribution in [2.45, 2.75) is 12.5 Å². The van der Waals surface area contributed by atoms with Crippen molar-refractivity contribution in [2.75, 3.05) is 18.5 Å². The van der Waals surface area contributed by atoms with Gasteiger partial charge in [0.25, 0.3) is 5.24 Å². The highest BCUT2D eigenvalue weighted by atomic mass is 79.9. The first-order valence-electron chi connectivity index (χ1n) is 10.3. The second kappa shape index (κ2) is 11.6. The molecule has 0 unspecified atom stereocenters. The summed E-state index contributed by atoms with van der Waals surface area (Å²) in [6.45, 7) is 0.337. The van der Waals surface area contributed by atoms with E-state index in [-0.39, 0.29) is 28.2 Å². The Labute approximate surface area is 204 Å². The average Bonchev–Trinajstić information content (AvgIpc) is 3.27. The first kappa shape index (κ1) is 24.5. The third-order valence-electron chi connectivity index (χ3n) is 5.43. The maximum absolute atomic E-state index is 12.3. The normalized spacial score (nSPS) is 15.5. The molecule has 1 heterocycles. The number of amides is 1. The van der Waals surface area contributed by atoms with E-state index in [0.717, 1.165) is 24.3 Å². The lowest BCUT2D eigenvalue weighted by molar-refractivity contribution is -0.145. The molecule has 0 bridgehead atoms. The zero-order chi connectivity index (χ0) is 21.5. The molecule has 3 aromatic rings. The number of rotatable bonds is 8. The van der Waals surface area contributed by atoms with Crippen LogP contribution in [-0.4, -0.2) is 35.8 Å². The topological polar surface area (TPSA) is 55.4 Å². The van der Waals surface area contributed by atoms with Crippen LogP contribution < -0.4 is 38.2 Å². The first-order valence-corrected chi connectivity index (χ1v) is 13.3. The van der Waals surface area contributed by atoms with E-state index in [1.54, 1.807) is 0 Å². The number of benzene rings is 3. The van der Waals surface area contributed by atoms with Gasteiger partial charge in [-0.3, -0.25) is 4.79 Å². The van der Waals surface area contributed by atoms with Crippen LogP contribution >= 0.6 is 19.0 Å². The summed E-state index contributed by atoms with van der Waals surface area (Å²) in [5.41, 5.74) is 0. The van der Waals surface area contributed by atoms with E-state index in [2.05, 4.69) is 78.1 Å². The number of carbonyl (C=O) groups is 2. The molecule has 7 heteroatoms. The molecule has 4 rings (SSSR count). The smallest absolute Gasteiger partial charge is 0.329 e. The summed E-state index contributed by atoms with van der Waals surface area (Å²) >= 11 is 1.12. The molecule has 0 radical (unpaired) electrons. The lowest BCUT2D eigenvalue weighted by atomic mass is 10.3. The van der Waals surface area contributed by atoms with Gasteiger partial charge in [0.1, 0.15) is 29.2 Å². The number of esters is 1. The van der Waals surface area contributed by atoms with E-state index in [4.69, 9.17) is 4.74 Å². The van der Waals surface area contributed by atoms with Gasteiger partial charge in [-0.05, 0) is 36.4 Å². The van der Waals surface area contributed by atoms with Crippen LogP contribution in [0, 0.1) is 0 Å². The highest BCUT2D eigenvalue weighted by molar-refractivity contribution is 8.14. The fourth-order valence-corrected chi connectivity index (χ4v) is 9.05. The molecule has 1 aliphatic heterocycles. The first-order chi connectivity index (χ1) is 15.2. The summed E-state index contributed by atoms with van der Waals surface area (Å²) in [5, 5.41) is 6.44. The summed E-state index contributed by atoms with van der Waals surface area (Å²) in [6, 6.07) is 31.4. The molecule has 0 spiro atoms. The Kier molecular flexibility index (Phi) is 8.92. The Hall–Kier alpha value is -2.14. The van der Waals surface area contributed by atoms with Crippen LogP contribution in [0.15, 0.2) is 91.0 Å². The van der Waals surface area contributed by atoms with Gasteiger partial charge in [-0.1, -0.05) is 66.4 Å². The summed E-state index contributed by atoms with van der Waals surface area (Å²) in [7, 11) is -1.91. The van der Waals surface area contributed by atoms with E-state index in [1.165, 1.54) is 15.9 Å². The van der Waals surface area contributed by atoms with Crippen LogP contribution in [0.1, 0.15) is 6.42 Å². The van der Waals surface area contributed by atoms with E-state index in [9.17, 15) is 9.59 Å². The number of halogens is 1. The highest BCUT2D eigenvalue weighted by Gasteiger charge is 2.44. The van der Waals surface area contributed by atoms with Crippen molar-refractivity contribution >= 4 is 46.1 Å². The largest absolute Gasteiger partial charge is 1.00 e. The monoisotopic (exact) mass is 529 g/mol. The summed E-state index contributed by atoms with van der Waals surface area (Å²) in [6.07, 6.45) is 1.64. The molecule has 0 aliphatic carbocycles. The average molecular weight is 530 g/mol. The molecule has 1 aliphatic rings. The van der Waals surface area contributed by atoms with Gasteiger partial charge < -0.3 is 27.0 Å². The van der Waals surface area contributed by atoms with Gasteiger partial charge >= 0.3 is 5.97 Å². The van der Waals surface area contributed by atoms with Crippen molar-refractivity contribution < 1.29 is 31.3 Å². The van der Waals surface area contributed by atoms with Crippen LogP contribution in [0.3, 0.4) is 0 Å². The molecule has 1 fully saturated rings.